The molecule has 0 aliphatic rings. The molecule has 1 aromatic rings. The number of carboxylic acid groups (broad SMARTS) is 1. The van der Waals surface area contributed by atoms with Gasteiger partial charge < -0.3 is 15.1 Å². The van der Waals surface area contributed by atoms with Crippen molar-refractivity contribution in [1.82, 2.24) is 4.90 Å². The Bertz CT molecular complexity index is 483. The van der Waals surface area contributed by atoms with E-state index >= 15 is 0 Å². The molecule has 1 rings (SSSR count). The quantitative estimate of drug-likeness (QED) is 0.768. The number of benzene rings is 1. The summed E-state index contributed by atoms with van der Waals surface area (Å²) in [5.74, 6) is -1.18. The van der Waals surface area contributed by atoms with Crippen LogP contribution in [-0.2, 0) is 11.2 Å². The van der Waals surface area contributed by atoms with E-state index in [0.717, 1.165) is 12.8 Å². The highest BCUT2D eigenvalue weighted by Gasteiger charge is 2.22. The van der Waals surface area contributed by atoms with Crippen molar-refractivity contribution in [2.24, 2.45) is 0 Å². The van der Waals surface area contributed by atoms with Crippen molar-refractivity contribution in [3.8, 4) is 0 Å². The van der Waals surface area contributed by atoms with E-state index in [4.69, 9.17) is 10.2 Å². The van der Waals surface area contributed by atoms with Gasteiger partial charge in [-0.1, -0.05) is 32.0 Å². The second-order valence-electron chi connectivity index (χ2n) is 4.92. The maximum absolute atomic E-state index is 12.5. The lowest BCUT2D eigenvalue weighted by molar-refractivity contribution is -0.133. The smallest absolute Gasteiger partial charge is 0.335 e. The summed E-state index contributed by atoms with van der Waals surface area (Å²) in [6.07, 6.45) is 1.66. The van der Waals surface area contributed by atoms with E-state index in [9.17, 15) is 9.59 Å². The SMILES string of the molecule is CCC(CC)N(CCO)C(=O)Cc1ccccc1C(=O)O. The molecule has 0 atom stereocenters. The number of amides is 1. The molecule has 0 aliphatic heterocycles. The molecule has 116 valence electrons. The summed E-state index contributed by atoms with van der Waals surface area (Å²) < 4.78 is 0. The highest BCUT2D eigenvalue weighted by atomic mass is 16.4. The number of carbonyl (C=O) groups excluding carboxylic acids is 1. The Balaban J connectivity index is 2.94. The molecule has 0 bridgehead atoms. The van der Waals surface area contributed by atoms with Crippen LogP contribution in [0.2, 0.25) is 0 Å². The number of aliphatic hydroxyl groups is 1. The number of carbonyl (C=O) groups is 2. The van der Waals surface area contributed by atoms with Crippen molar-refractivity contribution in [2.45, 2.75) is 39.2 Å². The molecular weight excluding hydrogens is 270 g/mol. The second-order valence-corrected chi connectivity index (χ2v) is 4.92. The molecule has 0 saturated heterocycles. The molecule has 0 fully saturated rings. The summed E-state index contributed by atoms with van der Waals surface area (Å²) in [7, 11) is 0. The van der Waals surface area contributed by atoms with Crippen LogP contribution in [0.25, 0.3) is 0 Å². The topological polar surface area (TPSA) is 77.8 Å². The van der Waals surface area contributed by atoms with Gasteiger partial charge in [-0.25, -0.2) is 4.79 Å². The Labute approximate surface area is 125 Å². The third-order valence-corrected chi connectivity index (χ3v) is 3.63. The van der Waals surface area contributed by atoms with Gasteiger partial charge >= 0.3 is 5.97 Å². The minimum atomic E-state index is -1.03. The fraction of sp³-hybridized carbons (Fsp3) is 0.500. The maximum atomic E-state index is 12.5. The third-order valence-electron chi connectivity index (χ3n) is 3.63. The average molecular weight is 293 g/mol. The van der Waals surface area contributed by atoms with Crippen molar-refractivity contribution >= 4 is 11.9 Å². The number of carboxylic acids is 1. The van der Waals surface area contributed by atoms with Crippen LogP contribution in [0.3, 0.4) is 0 Å². The summed E-state index contributed by atoms with van der Waals surface area (Å²) in [4.78, 5) is 25.3. The van der Waals surface area contributed by atoms with E-state index in [1.54, 1.807) is 23.1 Å². The van der Waals surface area contributed by atoms with Crippen molar-refractivity contribution in [3.05, 3.63) is 35.4 Å². The fourth-order valence-corrected chi connectivity index (χ4v) is 2.50. The monoisotopic (exact) mass is 293 g/mol. The third kappa shape index (κ3) is 4.56. The van der Waals surface area contributed by atoms with E-state index in [1.165, 1.54) is 6.07 Å². The minimum Gasteiger partial charge on any atom is -0.478 e. The number of rotatable bonds is 8. The van der Waals surface area contributed by atoms with Crippen LogP contribution in [0.15, 0.2) is 24.3 Å². The van der Waals surface area contributed by atoms with Gasteiger partial charge in [0.25, 0.3) is 0 Å². The van der Waals surface area contributed by atoms with Gasteiger partial charge in [-0.05, 0) is 24.5 Å². The standard InChI is InChI=1S/C16H23NO4/c1-3-13(4-2)17(9-10-18)15(19)11-12-7-5-6-8-14(12)16(20)21/h5-8,13,18H,3-4,9-11H2,1-2H3,(H,20,21). The summed E-state index contributed by atoms with van der Waals surface area (Å²) in [6, 6.07) is 6.59. The first kappa shape index (κ1) is 17.2. The van der Waals surface area contributed by atoms with Crippen LogP contribution < -0.4 is 0 Å². The van der Waals surface area contributed by atoms with Crippen LogP contribution >= 0.6 is 0 Å². The average Bonchev–Trinajstić information content (AvgIpc) is 2.47. The van der Waals surface area contributed by atoms with Gasteiger partial charge in [0, 0.05) is 12.6 Å². The summed E-state index contributed by atoms with van der Waals surface area (Å²) in [5.41, 5.74) is 0.656. The zero-order chi connectivity index (χ0) is 15.8. The molecule has 0 radical (unpaired) electrons. The van der Waals surface area contributed by atoms with Gasteiger partial charge in [-0.15, -0.1) is 0 Å². The maximum Gasteiger partial charge on any atom is 0.335 e. The lowest BCUT2D eigenvalue weighted by Gasteiger charge is -2.30. The lowest BCUT2D eigenvalue weighted by Crippen LogP contribution is -2.42. The second kappa shape index (κ2) is 8.42. The minimum absolute atomic E-state index is 0.0406. The summed E-state index contributed by atoms with van der Waals surface area (Å²) in [6.45, 7) is 4.18. The highest BCUT2D eigenvalue weighted by Crippen LogP contribution is 2.14. The van der Waals surface area contributed by atoms with Gasteiger partial charge in [-0.2, -0.15) is 0 Å². The number of nitrogens with zero attached hydrogens (tertiary/aromatic N) is 1. The van der Waals surface area contributed by atoms with E-state index in [1.807, 2.05) is 13.8 Å². The number of hydrogen-bond donors (Lipinski definition) is 2. The van der Waals surface area contributed by atoms with Crippen LogP contribution in [0.1, 0.15) is 42.6 Å². The van der Waals surface area contributed by atoms with Crippen molar-refractivity contribution in [2.75, 3.05) is 13.2 Å². The van der Waals surface area contributed by atoms with Crippen molar-refractivity contribution in [1.29, 1.82) is 0 Å². The molecule has 0 unspecified atom stereocenters. The molecule has 0 spiro atoms. The van der Waals surface area contributed by atoms with Gasteiger partial charge in [0.05, 0.1) is 18.6 Å². The first-order chi connectivity index (χ1) is 10.0. The van der Waals surface area contributed by atoms with Gasteiger partial charge in [0.1, 0.15) is 0 Å². The Morgan fingerprint density at radius 1 is 1.19 bits per heavy atom. The molecule has 0 saturated carbocycles. The molecule has 2 N–H and O–H groups in total. The summed E-state index contributed by atoms with van der Waals surface area (Å²) in [5, 5.41) is 18.3. The molecule has 0 aliphatic carbocycles. The first-order valence-electron chi connectivity index (χ1n) is 7.26. The molecule has 1 aromatic carbocycles. The van der Waals surface area contributed by atoms with E-state index in [2.05, 4.69) is 0 Å². The molecule has 1 amide bonds. The number of hydrogen-bond acceptors (Lipinski definition) is 3. The first-order valence-corrected chi connectivity index (χ1v) is 7.26. The van der Waals surface area contributed by atoms with Crippen molar-refractivity contribution in [3.63, 3.8) is 0 Å². The molecule has 0 aromatic heterocycles. The summed E-state index contributed by atoms with van der Waals surface area (Å²) >= 11 is 0. The zero-order valence-electron chi connectivity index (χ0n) is 12.6. The Hall–Kier alpha value is -1.88. The van der Waals surface area contributed by atoms with Crippen LogP contribution in [-0.4, -0.2) is 46.2 Å². The normalized spacial score (nSPS) is 10.7. The molecular formula is C16H23NO4. The Morgan fingerprint density at radius 3 is 2.33 bits per heavy atom. The van der Waals surface area contributed by atoms with Gasteiger partial charge in [0.2, 0.25) is 5.91 Å². The molecule has 0 heterocycles. The number of aliphatic hydroxyl groups excluding tert-OH is 1. The van der Waals surface area contributed by atoms with Gasteiger partial charge in [-0.3, -0.25) is 4.79 Å². The van der Waals surface area contributed by atoms with E-state index < -0.39 is 5.97 Å². The molecule has 5 nitrogen and oxygen atoms in total. The lowest BCUT2D eigenvalue weighted by atomic mass is 10.0. The Morgan fingerprint density at radius 2 is 1.81 bits per heavy atom. The predicted octanol–water partition coefficient (Wildman–Crippen LogP) is 1.94. The zero-order valence-corrected chi connectivity index (χ0v) is 12.6. The molecule has 21 heavy (non-hydrogen) atoms. The van der Waals surface area contributed by atoms with Crippen molar-refractivity contribution < 1.29 is 19.8 Å². The van der Waals surface area contributed by atoms with Crippen LogP contribution in [0, 0.1) is 0 Å². The van der Waals surface area contributed by atoms with Crippen LogP contribution in [0.5, 0.6) is 0 Å². The van der Waals surface area contributed by atoms with Crippen LogP contribution in [0.4, 0.5) is 0 Å². The fourth-order valence-electron chi connectivity index (χ4n) is 2.50. The molecule has 5 heteroatoms. The highest BCUT2D eigenvalue weighted by molar-refractivity contribution is 5.91. The van der Waals surface area contributed by atoms with E-state index in [0.29, 0.717) is 5.56 Å². The number of aromatic carboxylic acids is 1. The van der Waals surface area contributed by atoms with Gasteiger partial charge in [0.15, 0.2) is 0 Å². The Kier molecular flexibility index (Phi) is 6.88. The van der Waals surface area contributed by atoms with E-state index in [-0.39, 0.29) is 37.1 Å². The largest absolute Gasteiger partial charge is 0.478 e. The predicted molar refractivity (Wildman–Crippen MR) is 80.3 cm³/mol.